The number of nitrogens with zero attached hydrogens (tertiary/aromatic N) is 1. The highest BCUT2D eigenvalue weighted by Crippen LogP contribution is 2.07. The lowest BCUT2D eigenvalue weighted by Crippen LogP contribution is -2.33. The fraction of sp³-hybridized carbons (Fsp3) is 0.583. The Kier molecular flexibility index (Phi) is 6.35. The molecule has 0 saturated heterocycles. The Morgan fingerprint density at radius 2 is 2.33 bits per heavy atom. The van der Waals surface area contributed by atoms with E-state index in [-0.39, 0.29) is 12.5 Å². The zero-order chi connectivity index (χ0) is 13.4. The van der Waals surface area contributed by atoms with E-state index in [2.05, 4.69) is 10.3 Å². The van der Waals surface area contributed by atoms with Gasteiger partial charge < -0.3 is 10.4 Å². The zero-order valence-corrected chi connectivity index (χ0v) is 11.2. The van der Waals surface area contributed by atoms with E-state index in [9.17, 15) is 9.59 Å². The van der Waals surface area contributed by atoms with Crippen LogP contribution in [0.1, 0.15) is 31.2 Å². The predicted octanol–water partition coefficient (Wildman–Crippen LogP) is 1.69. The van der Waals surface area contributed by atoms with Gasteiger partial charge in [-0.05, 0) is 6.42 Å². The van der Waals surface area contributed by atoms with E-state index < -0.39 is 11.9 Å². The van der Waals surface area contributed by atoms with Gasteiger partial charge in [0.05, 0.1) is 10.9 Å². The molecule has 2 N–H and O–H groups in total. The van der Waals surface area contributed by atoms with Crippen molar-refractivity contribution in [3.8, 4) is 0 Å². The van der Waals surface area contributed by atoms with Crippen molar-refractivity contribution in [3.63, 3.8) is 0 Å². The molecule has 0 bridgehead atoms. The second-order valence-corrected chi connectivity index (χ2v) is 5.03. The Morgan fingerprint density at radius 3 is 2.89 bits per heavy atom. The van der Waals surface area contributed by atoms with Crippen LogP contribution in [-0.4, -0.2) is 28.5 Å². The van der Waals surface area contributed by atoms with Crippen molar-refractivity contribution in [1.82, 2.24) is 10.3 Å². The van der Waals surface area contributed by atoms with Gasteiger partial charge in [0, 0.05) is 31.0 Å². The Balaban J connectivity index is 2.25. The van der Waals surface area contributed by atoms with Crippen molar-refractivity contribution in [1.29, 1.82) is 0 Å². The van der Waals surface area contributed by atoms with Crippen molar-refractivity contribution in [2.45, 2.75) is 32.6 Å². The normalized spacial score (nSPS) is 12.1. The van der Waals surface area contributed by atoms with Crippen molar-refractivity contribution in [2.24, 2.45) is 5.92 Å². The first-order valence-corrected chi connectivity index (χ1v) is 6.89. The Labute approximate surface area is 110 Å². The molecule has 1 amide bonds. The van der Waals surface area contributed by atoms with Crippen LogP contribution in [0.25, 0.3) is 0 Å². The summed E-state index contributed by atoms with van der Waals surface area (Å²) in [5.74, 6) is -1.46. The van der Waals surface area contributed by atoms with Crippen LogP contribution < -0.4 is 5.32 Å². The van der Waals surface area contributed by atoms with Crippen LogP contribution in [0.3, 0.4) is 0 Å². The summed E-state index contributed by atoms with van der Waals surface area (Å²) in [6.45, 7) is 2.14. The van der Waals surface area contributed by atoms with Crippen LogP contribution >= 0.6 is 11.3 Å². The van der Waals surface area contributed by atoms with Crippen molar-refractivity contribution in [2.75, 3.05) is 6.54 Å². The fourth-order valence-electron chi connectivity index (χ4n) is 1.58. The smallest absolute Gasteiger partial charge is 0.308 e. The molecule has 5 nitrogen and oxygen atoms in total. The summed E-state index contributed by atoms with van der Waals surface area (Å²) >= 11 is 1.52. The molecular formula is C12H18N2O3S. The lowest BCUT2D eigenvalue weighted by molar-refractivity contribution is -0.141. The number of carbonyl (C=O) groups is 2. The first kappa shape index (κ1) is 14.6. The van der Waals surface area contributed by atoms with Gasteiger partial charge >= 0.3 is 5.97 Å². The molecule has 0 aromatic carbocycles. The summed E-state index contributed by atoms with van der Waals surface area (Å²) in [6, 6.07) is 0. The average molecular weight is 270 g/mol. The SMILES string of the molecule is CCCC(CNC(=O)CCc1nccs1)C(=O)O. The van der Waals surface area contributed by atoms with Gasteiger partial charge in [0.25, 0.3) is 0 Å². The molecule has 0 radical (unpaired) electrons. The molecule has 1 rings (SSSR count). The molecule has 0 spiro atoms. The highest BCUT2D eigenvalue weighted by Gasteiger charge is 2.17. The highest BCUT2D eigenvalue weighted by atomic mass is 32.1. The molecule has 6 heteroatoms. The Hall–Kier alpha value is -1.43. The number of carbonyl (C=O) groups excluding carboxylic acids is 1. The van der Waals surface area contributed by atoms with Gasteiger partial charge in [-0.15, -0.1) is 11.3 Å². The minimum absolute atomic E-state index is 0.118. The lowest BCUT2D eigenvalue weighted by Gasteiger charge is -2.11. The third-order valence-corrected chi connectivity index (χ3v) is 3.42. The third kappa shape index (κ3) is 5.27. The molecule has 0 aliphatic heterocycles. The first-order chi connectivity index (χ1) is 8.63. The van der Waals surface area contributed by atoms with Crippen LogP contribution in [0.4, 0.5) is 0 Å². The summed E-state index contributed by atoms with van der Waals surface area (Å²) in [5.41, 5.74) is 0. The quantitative estimate of drug-likeness (QED) is 0.753. The van der Waals surface area contributed by atoms with Crippen molar-refractivity contribution >= 4 is 23.2 Å². The van der Waals surface area contributed by atoms with Gasteiger partial charge in [-0.25, -0.2) is 4.98 Å². The van der Waals surface area contributed by atoms with Gasteiger partial charge in [0.2, 0.25) is 5.91 Å². The van der Waals surface area contributed by atoms with Crippen molar-refractivity contribution < 1.29 is 14.7 Å². The number of hydrogen-bond acceptors (Lipinski definition) is 4. The summed E-state index contributed by atoms with van der Waals surface area (Å²) in [7, 11) is 0. The monoisotopic (exact) mass is 270 g/mol. The lowest BCUT2D eigenvalue weighted by atomic mass is 10.0. The van der Waals surface area contributed by atoms with Crippen LogP contribution in [0.5, 0.6) is 0 Å². The van der Waals surface area contributed by atoms with Gasteiger partial charge in [-0.2, -0.15) is 0 Å². The molecule has 1 unspecified atom stereocenters. The summed E-state index contributed by atoms with van der Waals surface area (Å²) in [5, 5.41) is 14.4. The number of aryl methyl sites for hydroxylation is 1. The van der Waals surface area contributed by atoms with E-state index in [4.69, 9.17) is 5.11 Å². The molecular weight excluding hydrogens is 252 g/mol. The fourth-order valence-corrected chi connectivity index (χ4v) is 2.20. The minimum atomic E-state index is -0.850. The number of aliphatic carboxylic acids is 1. The number of nitrogens with one attached hydrogen (secondary N) is 1. The van der Waals surface area contributed by atoms with E-state index >= 15 is 0 Å². The minimum Gasteiger partial charge on any atom is -0.481 e. The number of amides is 1. The molecule has 1 aromatic rings. The zero-order valence-electron chi connectivity index (χ0n) is 10.4. The second kappa shape index (κ2) is 7.81. The maximum atomic E-state index is 11.5. The molecule has 100 valence electrons. The van der Waals surface area contributed by atoms with Crippen LogP contribution in [-0.2, 0) is 16.0 Å². The van der Waals surface area contributed by atoms with E-state index in [0.717, 1.165) is 11.4 Å². The molecule has 1 aromatic heterocycles. The van der Waals surface area contributed by atoms with Crippen LogP contribution in [0.2, 0.25) is 0 Å². The standard InChI is InChI=1S/C12H18N2O3S/c1-2-3-9(12(16)17)8-14-10(15)4-5-11-13-6-7-18-11/h6-7,9H,2-5,8H2,1H3,(H,14,15)(H,16,17). The molecule has 1 heterocycles. The van der Waals surface area contributed by atoms with Gasteiger partial charge in [-0.3, -0.25) is 9.59 Å². The average Bonchev–Trinajstić information content (AvgIpc) is 2.84. The van der Waals surface area contributed by atoms with E-state index in [1.807, 2.05) is 12.3 Å². The summed E-state index contributed by atoms with van der Waals surface area (Å²) < 4.78 is 0. The number of aromatic nitrogens is 1. The summed E-state index contributed by atoms with van der Waals surface area (Å²) in [4.78, 5) is 26.5. The van der Waals surface area contributed by atoms with Gasteiger partial charge in [0.1, 0.15) is 0 Å². The number of thiazole rings is 1. The van der Waals surface area contributed by atoms with E-state index in [1.165, 1.54) is 11.3 Å². The molecule has 0 saturated carbocycles. The summed E-state index contributed by atoms with van der Waals surface area (Å²) in [6.07, 6.45) is 4.05. The van der Waals surface area contributed by atoms with E-state index in [1.54, 1.807) is 6.20 Å². The molecule has 0 aliphatic carbocycles. The van der Waals surface area contributed by atoms with Gasteiger partial charge in [-0.1, -0.05) is 13.3 Å². The first-order valence-electron chi connectivity index (χ1n) is 6.01. The van der Waals surface area contributed by atoms with Crippen LogP contribution in [0.15, 0.2) is 11.6 Å². The molecule has 1 atom stereocenters. The predicted molar refractivity (Wildman–Crippen MR) is 69.5 cm³/mol. The largest absolute Gasteiger partial charge is 0.481 e. The Morgan fingerprint density at radius 1 is 1.56 bits per heavy atom. The number of carboxylic acids is 1. The molecule has 0 fully saturated rings. The maximum absolute atomic E-state index is 11.5. The Bertz CT molecular complexity index is 379. The topological polar surface area (TPSA) is 79.3 Å². The highest BCUT2D eigenvalue weighted by molar-refractivity contribution is 7.09. The van der Waals surface area contributed by atoms with Crippen molar-refractivity contribution in [3.05, 3.63) is 16.6 Å². The third-order valence-electron chi connectivity index (χ3n) is 2.58. The number of hydrogen-bond donors (Lipinski definition) is 2. The number of rotatable bonds is 8. The molecule has 0 aliphatic rings. The van der Waals surface area contributed by atoms with Gasteiger partial charge in [0.15, 0.2) is 0 Å². The maximum Gasteiger partial charge on any atom is 0.308 e. The second-order valence-electron chi connectivity index (χ2n) is 4.05. The van der Waals surface area contributed by atoms with Crippen LogP contribution in [0, 0.1) is 5.92 Å². The van der Waals surface area contributed by atoms with E-state index in [0.29, 0.717) is 19.3 Å². The molecule has 18 heavy (non-hydrogen) atoms. The number of carboxylic acid groups (broad SMARTS) is 1.